The summed E-state index contributed by atoms with van der Waals surface area (Å²) in [7, 11) is 0. The first-order valence-electron chi connectivity index (χ1n) is 5.35. The summed E-state index contributed by atoms with van der Waals surface area (Å²) in [5.74, 6) is -0.788. The first kappa shape index (κ1) is 15.8. The SMILES string of the molecule is CSc1ncccc1C(=O)N(CCO)CC(F)(F)F. The summed E-state index contributed by atoms with van der Waals surface area (Å²) in [5, 5.41) is 9.13. The fraction of sp³-hybridized carbons (Fsp3) is 0.455. The Labute approximate surface area is 112 Å². The third-order valence-corrected chi connectivity index (χ3v) is 2.93. The first-order chi connectivity index (χ1) is 8.89. The minimum absolute atomic E-state index is 0.104. The maximum atomic E-state index is 12.4. The molecule has 0 unspecified atom stereocenters. The highest BCUT2D eigenvalue weighted by Gasteiger charge is 2.33. The van der Waals surface area contributed by atoms with Crippen LogP contribution < -0.4 is 0 Å². The van der Waals surface area contributed by atoms with E-state index in [0.29, 0.717) is 9.93 Å². The van der Waals surface area contributed by atoms with Crippen LogP contribution >= 0.6 is 11.8 Å². The fourth-order valence-corrected chi connectivity index (χ4v) is 2.02. The molecule has 1 aromatic rings. The van der Waals surface area contributed by atoms with E-state index in [0.717, 1.165) is 0 Å². The summed E-state index contributed by atoms with van der Waals surface area (Å²) in [6.07, 6.45) is -1.37. The van der Waals surface area contributed by atoms with Crippen LogP contribution in [0.2, 0.25) is 0 Å². The average Bonchev–Trinajstić information content (AvgIpc) is 2.36. The highest BCUT2D eigenvalue weighted by molar-refractivity contribution is 7.98. The van der Waals surface area contributed by atoms with Crippen molar-refractivity contribution in [1.29, 1.82) is 0 Å². The number of aliphatic hydroxyl groups excluding tert-OH is 1. The number of rotatable bonds is 5. The number of aliphatic hydroxyl groups is 1. The summed E-state index contributed by atoms with van der Waals surface area (Å²) in [5.41, 5.74) is 0.104. The normalized spacial score (nSPS) is 11.4. The van der Waals surface area contributed by atoms with Crippen molar-refractivity contribution in [3.63, 3.8) is 0 Å². The third kappa shape index (κ3) is 4.71. The number of halogens is 3. The Balaban J connectivity index is 2.99. The average molecular weight is 294 g/mol. The Bertz CT molecular complexity index is 440. The van der Waals surface area contributed by atoms with Gasteiger partial charge >= 0.3 is 6.18 Å². The van der Waals surface area contributed by atoms with Crippen LogP contribution in [0.5, 0.6) is 0 Å². The fourth-order valence-electron chi connectivity index (χ4n) is 1.48. The number of aromatic nitrogens is 1. The van der Waals surface area contributed by atoms with Crippen molar-refractivity contribution in [2.45, 2.75) is 11.2 Å². The zero-order valence-electron chi connectivity index (χ0n) is 10.1. The van der Waals surface area contributed by atoms with Crippen molar-refractivity contribution in [1.82, 2.24) is 9.88 Å². The van der Waals surface area contributed by atoms with Gasteiger partial charge in [0.1, 0.15) is 11.6 Å². The van der Waals surface area contributed by atoms with E-state index in [1.807, 2.05) is 0 Å². The summed E-state index contributed by atoms with van der Waals surface area (Å²) < 4.78 is 37.2. The maximum Gasteiger partial charge on any atom is 0.406 e. The number of amides is 1. The molecule has 1 N–H and O–H groups in total. The van der Waals surface area contributed by atoms with Gasteiger partial charge < -0.3 is 10.0 Å². The lowest BCUT2D eigenvalue weighted by Gasteiger charge is -2.23. The molecular weight excluding hydrogens is 281 g/mol. The molecule has 19 heavy (non-hydrogen) atoms. The van der Waals surface area contributed by atoms with E-state index in [1.54, 1.807) is 6.26 Å². The Morgan fingerprint density at radius 1 is 1.53 bits per heavy atom. The monoisotopic (exact) mass is 294 g/mol. The number of pyridine rings is 1. The van der Waals surface area contributed by atoms with Crippen LogP contribution in [0, 0.1) is 0 Å². The molecule has 0 spiro atoms. The lowest BCUT2D eigenvalue weighted by Crippen LogP contribution is -2.40. The summed E-state index contributed by atoms with van der Waals surface area (Å²) in [4.78, 5) is 16.5. The largest absolute Gasteiger partial charge is 0.406 e. The van der Waals surface area contributed by atoms with E-state index in [1.165, 1.54) is 30.1 Å². The number of hydrogen-bond donors (Lipinski definition) is 1. The molecule has 1 amide bonds. The molecule has 0 aliphatic rings. The predicted octanol–water partition coefficient (Wildman–Crippen LogP) is 1.80. The third-order valence-electron chi connectivity index (χ3n) is 2.22. The van der Waals surface area contributed by atoms with E-state index in [9.17, 15) is 18.0 Å². The highest BCUT2D eigenvalue weighted by Crippen LogP contribution is 2.21. The lowest BCUT2D eigenvalue weighted by molar-refractivity contribution is -0.141. The second-order valence-corrected chi connectivity index (χ2v) is 4.42. The molecule has 0 aromatic carbocycles. The number of carbonyl (C=O) groups is 1. The molecule has 0 saturated heterocycles. The van der Waals surface area contributed by atoms with Gasteiger partial charge in [0.25, 0.3) is 5.91 Å². The maximum absolute atomic E-state index is 12.4. The molecule has 0 aliphatic carbocycles. The van der Waals surface area contributed by atoms with E-state index in [2.05, 4.69) is 4.98 Å². The van der Waals surface area contributed by atoms with E-state index in [-0.39, 0.29) is 12.1 Å². The molecule has 0 fully saturated rings. The molecule has 4 nitrogen and oxygen atoms in total. The Morgan fingerprint density at radius 3 is 2.74 bits per heavy atom. The van der Waals surface area contributed by atoms with Crippen LogP contribution in [-0.4, -0.2) is 53.0 Å². The Morgan fingerprint density at radius 2 is 2.21 bits per heavy atom. The van der Waals surface area contributed by atoms with Gasteiger partial charge in [-0.25, -0.2) is 4.98 Å². The van der Waals surface area contributed by atoms with Gasteiger partial charge in [0.2, 0.25) is 0 Å². The standard InChI is InChI=1S/C11H13F3N2O2S/c1-19-9-8(3-2-4-15-9)10(18)16(5-6-17)7-11(12,13)14/h2-4,17H,5-7H2,1H3. The van der Waals surface area contributed by atoms with Crippen LogP contribution in [0.3, 0.4) is 0 Å². The number of hydrogen-bond acceptors (Lipinski definition) is 4. The number of thioether (sulfide) groups is 1. The minimum atomic E-state index is -4.51. The van der Waals surface area contributed by atoms with Gasteiger partial charge in [-0.1, -0.05) is 0 Å². The Kier molecular flexibility index (Phi) is 5.61. The minimum Gasteiger partial charge on any atom is -0.395 e. The van der Waals surface area contributed by atoms with Crippen LogP contribution in [0.25, 0.3) is 0 Å². The topological polar surface area (TPSA) is 53.4 Å². The van der Waals surface area contributed by atoms with Crippen molar-refractivity contribution in [3.8, 4) is 0 Å². The van der Waals surface area contributed by atoms with Crippen molar-refractivity contribution in [2.24, 2.45) is 0 Å². The smallest absolute Gasteiger partial charge is 0.395 e. The lowest BCUT2D eigenvalue weighted by atomic mass is 10.2. The van der Waals surface area contributed by atoms with Crippen molar-refractivity contribution in [3.05, 3.63) is 23.9 Å². The molecule has 8 heteroatoms. The summed E-state index contributed by atoms with van der Waals surface area (Å²) in [6.45, 7) is -2.30. The van der Waals surface area contributed by atoms with E-state index >= 15 is 0 Å². The van der Waals surface area contributed by atoms with Gasteiger partial charge in [-0.3, -0.25) is 4.79 Å². The molecule has 1 aromatic heterocycles. The quantitative estimate of drug-likeness (QED) is 0.841. The zero-order valence-corrected chi connectivity index (χ0v) is 11.0. The number of nitrogens with zero attached hydrogens (tertiary/aromatic N) is 2. The van der Waals surface area contributed by atoms with Gasteiger partial charge in [-0.05, 0) is 18.4 Å². The molecule has 1 rings (SSSR count). The predicted molar refractivity (Wildman–Crippen MR) is 65.1 cm³/mol. The van der Waals surface area contributed by atoms with Crippen LogP contribution in [0.15, 0.2) is 23.4 Å². The van der Waals surface area contributed by atoms with Gasteiger partial charge in [0.05, 0.1) is 12.2 Å². The van der Waals surface area contributed by atoms with Crippen molar-refractivity contribution < 1.29 is 23.1 Å². The van der Waals surface area contributed by atoms with E-state index in [4.69, 9.17) is 5.11 Å². The van der Waals surface area contributed by atoms with Gasteiger partial charge in [0.15, 0.2) is 0 Å². The van der Waals surface area contributed by atoms with Crippen LogP contribution in [0.4, 0.5) is 13.2 Å². The second kappa shape index (κ2) is 6.76. The molecule has 106 valence electrons. The molecule has 0 aliphatic heterocycles. The number of alkyl halides is 3. The summed E-state index contributed by atoms with van der Waals surface area (Å²) >= 11 is 1.17. The van der Waals surface area contributed by atoms with E-state index < -0.39 is 25.2 Å². The second-order valence-electron chi connectivity index (χ2n) is 3.63. The Hall–Kier alpha value is -1.28. The van der Waals surface area contributed by atoms with Crippen LogP contribution in [0.1, 0.15) is 10.4 Å². The highest BCUT2D eigenvalue weighted by atomic mass is 32.2. The molecule has 0 saturated carbocycles. The van der Waals surface area contributed by atoms with Gasteiger partial charge in [-0.15, -0.1) is 11.8 Å². The molecule has 0 atom stereocenters. The first-order valence-corrected chi connectivity index (χ1v) is 6.57. The van der Waals surface area contributed by atoms with Gasteiger partial charge in [0, 0.05) is 12.7 Å². The number of carbonyl (C=O) groups excluding carboxylic acids is 1. The molecule has 0 bridgehead atoms. The van der Waals surface area contributed by atoms with Crippen molar-refractivity contribution in [2.75, 3.05) is 26.0 Å². The van der Waals surface area contributed by atoms with Crippen molar-refractivity contribution >= 4 is 17.7 Å². The van der Waals surface area contributed by atoms with Crippen LogP contribution in [-0.2, 0) is 0 Å². The molecule has 1 heterocycles. The zero-order chi connectivity index (χ0) is 14.5. The molecule has 0 radical (unpaired) electrons. The van der Waals surface area contributed by atoms with Gasteiger partial charge in [-0.2, -0.15) is 13.2 Å². The summed E-state index contributed by atoms with van der Waals surface area (Å²) in [6, 6.07) is 2.90. The molecular formula is C11H13F3N2O2S.